The number of carbonyl (C=O) groups is 1. The van der Waals surface area contributed by atoms with Crippen molar-refractivity contribution in [2.45, 2.75) is 26.3 Å². The number of carboxylic acids is 1. The van der Waals surface area contributed by atoms with Gasteiger partial charge in [-0.05, 0) is 13.3 Å². The van der Waals surface area contributed by atoms with Gasteiger partial charge in [0.15, 0.2) is 0 Å². The third-order valence-electron chi connectivity index (χ3n) is 1.03. The molecule has 0 amide bonds. The van der Waals surface area contributed by atoms with Gasteiger partial charge < -0.3 is 5.11 Å². The zero-order valence-corrected chi connectivity index (χ0v) is 5.66. The molecule has 0 saturated carbocycles. The summed E-state index contributed by atoms with van der Waals surface area (Å²) in [5.41, 5.74) is 0. The Hall–Kier alpha value is -0.860. The van der Waals surface area contributed by atoms with Crippen molar-refractivity contribution in [3.63, 3.8) is 0 Å². The van der Waals surface area contributed by atoms with Gasteiger partial charge in [-0.25, -0.2) is 4.79 Å². The Labute approximate surface area is 54.4 Å². The molecular formula is C6H11NO2. The normalized spacial score (nSPS) is 14.0. The van der Waals surface area contributed by atoms with Gasteiger partial charge >= 0.3 is 5.97 Å². The van der Waals surface area contributed by atoms with E-state index in [9.17, 15) is 4.79 Å². The topological polar surface area (TPSA) is 49.7 Å². The Morgan fingerprint density at radius 1 is 1.89 bits per heavy atom. The molecule has 0 aromatic heterocycles. The van der Waals surface area contributed by atoms with E-state index in [1.807, 2.05) is 13.8 Å². The summed E-state index contributed by atoms with van der Waals surface area (Å²) in [6.07, 6.45) is 1.82. The van der Waals surface area contributed by atoms with Gasteiger partial charge in [-0.3, -0.25) is 4.99 Å². The molecule has 0 saturated heterocycles. The van der Waals surface area contributed by atoms with E-state index < -0.39 is 5.97 Å². The molecule has 52 valence electrons. The van der Waals surface area contributed by atoms with Crippen LogP contribution in [0.5, 0.6) is 0 Å². The lowest BCUT2D eigenvalue weighted by atomic mass is 10.3. The van der Waals surface area contributed by atoms with Crippen molar-refractivity contribution in [2.75, 3.05) is 0 Å². The Balaban J connectivity index is 3.56. The second kappa shape index (κ2) is 4.06. The van der Waals surface area contributed by atoms with Gasteiger partial charge in [-0.15, -0.1) is 0 Å². The summed E-state index contributed by atoms with van der Waals surface area (Å²) in [6, 6.07) is 0.126. The highest BCUT2D eigenvalue weighted by Gasteiger charge is 1.92. The third kappa shape index (κ3) is 5.00. The van der Waals surface area contributed by atoms with Gasteiger partial charge in [0.1, 0.15) is 6.21 Å². The first-order valence-electron chi connectivity index (χ1n) is 2.93. The first-order valence-corrected chi connectivity index (χ1v) is 2.93. The zero-order chi connectivity index (χ0) is 7.28. The summed E-state index contributed by atoms with van der Waals surface area (Å²) in [5, 5.41) is 8.11. The molecular weight excluding hydrogens is 118 g/mol. The molecule has 0 aliphatic rings. The van der Waals surface area contributed by atoms with E-state index in [4.69, 9.17) is 5.11 Å². The smallest absolute Gasteiger partial charge is 0.346 e. The van der Waals surface area contributed by atoms with Crippen molar-refractivity contribution >= 4 is 12.2 Å². The van der Waals surface area contributed by atoms with E-state index in [1.54, 1.807) is 0 Å². The fourth-order valence-corrected chi connectivity index (χ4v) is 0.296. The average Bonchev–Trinajstić information content (AvgIpc) is 1.83. The van der Waals surface area contributed by atoms with Crippen LogP contribution < -0.4 is 0 Å². The second-order valence-electron chi connectivity index (χ2n) is 1.87. The van der Waals surface area contributed by atoms with E-state index in [-0.39, 0.29) is 6.04 Å². The van der Waals surface area contributed by atoms with Crippen LogP contribution in [0.4, 0.5) is 0 Å². The molecule has 1 N–H and O–H groups in total. The molecule has 0 aliphatic carbocycles. The van der Waals surface area contributed by atoms with Crippen LogP contribution in [0.1, 0.15) is 20.3 Å². The van der Waals surface area contributed by atoms with E-state index in [1.165, 1.54) is 0 Å². The quantitative estimate of drug-likeness (QED) is 0.576. The third-order valence-corrected chi connectivity index (χ3v) is 1.03. The number of carboxylic acid groups (broad SMARTS) is 1. The molecule has 0 radical (unpaired) electrons. The highest BCUT2D eigenvalue weighted by Crippen LogP contribution is 1.91. The van der Waals surface area contributed by atoms with E-state index >= 15 is 0 Å². The number of rotatable bonds is 3. The maximum Gasteiger partial charge on any atom is 0.346 e. The predicted octanol–water partition coefficient (Wildman–Crippen LogP) is 0.940. The van der Waals surface area contributed by atoms with Crippen LogP contribution in [0.3, 0.4) is 0 Å². The fourth-order valence-electron chi connectivity index (χ4n) is 0.296. The van der Waals surface area contributed by atoms with Crippen molar-refractivity contribution in [3.8, 4) is 0 Å². The molecule has 0 aliphatic heterocycles. The lowest BCUT2D eigenvalue weighted by Gasteiger charge is -1.96. The molecule has 0 spiro atoms. The molecule has 3 heteroatoms. The lowest BCUT2D eigenvalue weighted by molar-refractivity contribution is -0.128. The largest absolute Gasteiger partial charge is 0.477 e. The van der Waals surface area contributed by atoms with Gasteiger partial charge in [-0.1, -0.05) is 6.92 Å². The van der Waals surface area contributed by atoms with Crippen LogP contribution in [0, 0.1) is 0 Å². The average molecular weight is 129 g/mol. The minimum Gasteiger partial charge on any atom is -0.477 e. The summed E-state index contributed by atoms with van der Waals surface area (Å²) in [5.74, 6) is -0.977. The van der Waals surface area contributed by atoms with Crippen LogP contribution in [-0.4, -0.2) is 23.3 Å². The fraction of sp³-hybridized carbons (Fsp3) is 0.667. The van der Waals surface area contributed by atoms with Crippen LogP contribution in [0.25, 0.3) is 0 Å². The Morgan fingerprint density at radius 2 is 2.44 bits per heavy atom. The number of aliphatic carboxylic acids is 1. The highest BCUT2D eigenvalue weighted by molar-refractivity contribution is 6.22. The molecule has 9 heavy (non-hydrogen) atoms. The molecule has 0 aromatic carbocycles. The van der Waals surface area contributed by atoms with Gasteiger partial charge in [0.05, 0.1) is 0 Å². The van der Waals surface area contributed by atoms with E-state index in [2.05, 4.69) is 4.99 Å². The molecule has 0 bridgehead atoms. The van der Waals surface area contributed by atoms with Crippen molar-refractivity contribution in [3.05, 3.63) is 0 Å². The first kappa shape index (κ1) is 8.14. The van der Waals surface area contributed by atoms with Crippen molar-refractivity contribution < 1.29 is 9.90 Å². The van der Waals surface area contributed by atoms with E-state index in [0.717, 1.165) is 12.6 Å². The molecule has 1 atom stereocenters. The minimum atomic E-state index is -0.977. The summed E-state index contributed by atoms with van der Waals surface area (Å²) in [7, 11) is 0. The Kier molecular flexibility index (Phi) is 3.67. The van der Waals surface area contributed by atoms with Crippen molar-refractivity contribution in [1.82, 2.24) is 0 Å². The Morgan fingerprint density at radius 3 is 2.78 bits per heavy atom. The maximum atomic E-state index is 9.87. The highest BCUT2D eigenvalue weighted by atomic mass is 16.4. The second-order valence-corrected chi connectivity index (χ2v) is 1.87. The number of hydrogen-bond acceptors (Lipinski definition) is 2. The monoisotopic (exact) mass is 129 g/mol. The number of nitrogens with zero attached hydrogens (tertiary/aromatic N) is 1. The molecule has 3 nitrogen and oxygen atoms in total. The van der Waals surface area contributed by atoms with Crippen LogP contribution in [0.15, 0.2) is 4.99 Å². The van der Waals surface area contributed by atoms with Crippen LogP contribution >= 0.6 is 0 Å². The Bertz CT molecular complexity index is 120. The number of aliphatic imine (C=N–C) groups is 1. The predicted molar refractivity (Wildman–Crippen MR) is 35.9 cm³/mol. The molecule has 1 unspecified atom stereocenters. The van der Waals surface area contributed by atoms with Gasteiger partial charge in [-0.2, -0.15) is 0 Å². The SMILES string of the molecule is CCC(C)N=CC(=O)O. The standard InChI is InChI=1S/C6H11NO2/c1-3-5(2)7-4-6(8)9/h4-5H,3H2,1-2H3,(H,8,9). The van der Waals surface area contributed by atoms with Crippen molar-refractivity contribution in [1.29, 1.82) is 0 Å². The van der Waals surface area contributed by atoms with Crippen LogP contribution in [-0.2, 0) is 4.79 Å². The molecule has 0 fully saturated rings. The first-order chi connectivity index (χ1) is 4.16. The maximum absolute atomic E-state index is 9.87. The van der Waals surface area contributed by atoms with Crippen molar-refractivity contribution in [2.24, 2.45) is 4.99 Å². The van der Waals surface area contributed by atoms with Gasteiger partial charge in [0.25, 0.3) is 0 Å². The van der Waals surface area contributed by atoms with Gasteiger partial charge in [0.2, 0.25) is 0 Å². The molecule has 0 rings (SSSR count). The molecule has 0 aromatic rings. The van der Waals surface area contributed by atoms with E-state index in [0.29, 0.717) is 0 Å². The summed E-state index contributed by atoms with van der Waals surface area (Å²) in [4.78, 5) is 13.6. The zero-order valence-electron chi connectivity index (χ0n) is 5.66. The number of hydrogen-bond donors (Lipinski definition) is 1. The summed E-state index contributed by atoms with van der Waals surface area (Å²) >= 11 is 0. The summed E-state index contributed by atoms with van der Waals surface area (Å²) in [6.45, 7) is 3.84. The minimum absolute atomic E-state index is 0.126. The lowest BCUT2D eigenvalue weighted by Crippen LogP contribution is -2.01. The van der Waals surface area contributed by atoms with Crippen LogP contribution in [0.2, 0.25) is 0 Å². The molecule has 0 heterocycles. The van der Waals surface area contributed by atoms with Gasteiger partial charge in [0, 0.05) is 6.04 Å². The summed E-state index contributed by atoms with van der Waals surface area (Å²) < 4.78 is 0.